The first-order chi connectivity index (χ1) is 19.5. The SMILES string of the molecule is CC(C)CNCc1cccc(-c2cccc(CN(CCCN3CCN(C)CC3)C(=O)/C=C/c3ccccc3)c2)c1. The first-order valence-corrected chi connectivity index (χ1v) is 14.8. The minimum Gasteiger partial charge on any atom is -0.335 e. The Bertz CT molecular complexity index is 1210. The molecule has 0 aliphatic carbocycles. The van der Waals surface area contributed by atoms with Gasteiger partial charge in [-0.15, -0.1) is 0 Å². The second kappa shape index (κ2) is 15.5. The van der Waals surface area contributed by atoms with Crippen molar-refractivity contribution in [3.63, 3.8) is 0 Å². The van der Waals surface area contributed by atoms with Crippen LogP contribution in [0.1, 0.15) is 37.0 Å². The van der Waals surface area contributed by atoms with E-state index in [2.05, 4.69) is 84.5 Å². The minimum absolute atomic E-state index is 0.0610. The quantitative estimate of drug-likeness (QED) is 0.280. The third-order valence-corrected chi connectivity index (χ3v) is 7.47. The van der Waals surface area contributed by atoms with Crippen molar-refractivity contribution in [2.75, 3.05) is 52.9 Å². The van der Waals surface area contributed by atoms with Gasteiger partial charge in [-0.25, -0.2) is 0 Å². The Balaban J connectivity index is 1.44. The zero-order chi connectivity index (χ0) is 28.2. The lowest BCUT2D eigenvalue weighted by Gasteiger charge is -2.33. The van der Waals surface area contributed by atoms with Crippen LogP contribution in [-0.4, -0.2) is 73.5 Å². The number of carbonyl (C=O) groups excluding carboxylic acids is 1. The van der Waals surface area contributed by atoms with Gasteiger partial charge in [0.15, 0.2) is 0 Å². The van der Waals surface area contributed by atoms with E-state index in [0.29, 0.717) is 12.5 Å². The van der Waals surface area contributed by atoms with Crippen molar-refractivity contribution in [1.82, 2.24) is 20.0 Å². The zero-order valence-corrected chi connectivity index (χ0v) is 24.6. The van der Waals surface area contributed by atoms with Crippen LogP contribution in [0.25, 0.3) is 17.2 Å². The van der Waals surface area contributed by atoms with Crippen molar-refractivity contribution in [2.45, 2.75) is 33.4 Å². The van der Waals surface area contributed by atoms with Gasteiger partial charge in [-0.2, -0.15) is 0 Å². The maximum atomic E-state index is 13.4. The molecule has 0 spiro atoms. The van der Waals surface area contributed by atoms with Gasteiger partial charge in [-0.1, -0.05) is 80.6 Å². The summed E-state index contributed by atoms with van der Waals surface area (Å²) in [7, 11) is 2.19. The minimum atomic E-state index is 0.0610. The molecule has 0 unspecified atom stereocenters. The molecule has 1 saturated heterocycles. The predicted octanol–water partition coefficient (Wildman–Crippen LogP) is 5.78. The maximum Gasteiger partial charge on any atom is 0.246 e. The first-order valence-electron chi connectivity index (χ1n) is 14.8. The van der Waals surface area contributed by atoms with Crippen molar-refractivity contribution in [2.24, 2.45) is 5.92 Å². The predicted molar refractivity (Wildman–Crippen MR) is 168 cm³/mol. The topological polar surface area (TPSA) is 38.8 Å². The lowest BCUT2D eigenvalue weighted by Crippen LogP contribution is -2.45. The highest BCUT2D eigenvalue weighted by Gasteiger charge is 2.16. The van der Waals surface area contributed by atoms with Gasteiger partial charge >= 0.3 is 0 Å². The van der Waals surface area contributed by atoms with Crippen molar-refractivity contribution in [3.05, 3.63) is 102 Å². The van der Waals surface area contributed by atoms with Crippen molar-refractivity contribution in [1.29, 1.82) is 0 Å². The number of piperazine rings is 1. The van der Waals surface area contributed by atoms with Gasteiger partial charge in [0.25, 0.3) is 0 Å². The Kier molecular flexibility index (Phi) is 11.5. The second-order valence-electron chi connectivity index (χ2n) is 11.4. The van der Waals surface area contributed by atoms with E-state index in [9.17, 15) is 4.79 Å². The molecule has 0 bridgehead atoms. The van der Waals surface area contributed by atoms with E-state index in [4.69, 9.17) is 0 Å². The molecule has 3 aromatic rings. The molecule has 1 aliphatic heterocycles. The molecule has 0 radical (unpaired) electrons. The van der Waals surface area contributed by atoms with E-state index < -0.39 is 0 Å². The number of nitrogens with zero attached hydrogens (tertiary/aromatic N) is 3. The Morgan fingerprint density at radius 1 is 0.900 bits per heavy atom. The monoisotopic (exact) mass is 538 g/mol. The van der Waals surface area contributed by atoms with Gasteiger partial charge in [0.1, 0.15) is 0 Å². The molecule has 5 nitrogen and oxygen atoms in total. The fourth-order valence-electron chi connectivity index (χ4n) is 5.10. The van der Waals surface area contributed by atoms with E-state index in [0.717, 1.165) is 69.9 Å². The highest BCUT2D eigenvalue weighted by Crippen LogP contribution is 2.23. The number of amides is 1. The van der Waals surface area contributed by atoms with Crippen molar-refractivity contribution in [3.8, 4) is 11.1 Å². The van der Waals surface area contributed by atoms with Crippen LogP contribution in [0.5, 0.6) is 0 Å². The Hall–Kier alpha value is -3.25. The summed E-state index contributed by atoms with van der Waals surface area (Å²) in [5.41, 5.74) is 5.88. The smallest absolute Gasteiger partial charge is 0.246 e. The molecular weight excluding hydrogens is 492 g/mol. The molecule has 1 N–H and O–H groups in total. The summed E-state index contributed by atoms with van der Waals surface area (Å²) in [6.45, 7) is 13.1. The summed E-state index contributed by atoms with van der Waals surface area (Å²) in [5, 5.41) is 3.54. The van der Waals surface area contributed by atoms with Gasteiger partial charge in [0, 0.05) is 51.9 Å². The van der Waals surface area contributed by atoms with Crippen LogP contribution in [0, 0.1) is 5.92 Å². The average Bonchev–Trinajstić information content (AvgIpc) is 2.97. The summed E-state index contributed by atoms with van der Waals surface area (Å²) < 4.78 is 0. The van der Waals surface area contributed by atoms with Gasteiger partial charge in [-0.05, 0) is 78.5 Å². The van der Waals surface area contributed by atoms with Gasteiger partial charge in [0.2, 0.25) is 5.91 Å². The van der Waals surface area contributed by atoms with E-state index >= 15 is 0 Å². The van der Waals surface area contributed by atoms with E-state index in [1.165, 1.54) is 16.7 Å². The largest absolute Gasteiger partial charge is 0.335 e. The van der Waals surface area contributed by atoms with E-state index in [1.54, 1.807) is 6.08 Å². The number of hydrogen-bond acceptors (Lipinski definition) is 4. The third-order valence-electron chi connectivity index (χ3n) is 7.47. The highest BCUT2D eigenvalue weighted by molar-refractivity contribution is 5.91. The number of benzene rings is 3. The van der Waals surface area contributed by atoms with Crippen LogP contribution < -0.4 is 5.32 Å². The first kappa shape index (κ1) is 29.7. The molecule has 3 aromatic carbocycles. The Morgan fingerprint density at radius 2 is 1.57 bits per heavy atom. The Labute approximate surface area is 241 Å². The molecule has 1 amide bonds. The molecular formula is C35H46N4O. The molecule has 1 heterocycles. The maximum absolute atomic E-state index is 13.4. The number of hydrogen-bond donors (Lipinski definition) is 1. The van der Waals surface area contributed by atoms with Gasteiger partial charge in [0.05, 0.1) is 0 Å². The van der Waals surface area contributed by atoms with Gasteiger partial charge in [-0.3, -0.25) is 4.79 Å². The molecule has 1 fully saturated rings. The average molecular weight is 539 g/mol. The summed E-state index contributed by atoms with van der Waals surface area (Å²) in [5.74, 6) is 0.695. The van der Waals surface area contributed by atoms with Crippen LogP contribution in [0.3, 0.4) is 0 Å². The van der Waals surface area contributed by atoms with Crippen molar-refractivity contribution >= 4 is 12.0 Å². The number of nitrogens with one attached hydrogen (secondary N) is 1. The van der Waals surface area contributed by atoms with Crippen molar-refractivity contribution < 1.29 is 4.79 Å². The lowest BCUT2D eigenvalue weighted by molar-refractivity contribution is -0.126. The van der Waals surface area contributed by atoms with E-state index in [1.807, 2.05) is 41.3 Å². The number of likely N-dealkylation sites (N-methyl/N-ethyl adjacent to an activating group) is 1. The molecule has 1 aliphatic rings. The molecule has 212 valence electrons. The fourth-order valence-corrected chi connectivity index (χ4v) is 5.10. The van der Waals surface area contributed by atoms with Crippen LogP contribution >= 0.6 is 0 Å². The van der Waals surface area contributed by atoms with Crippen LogP contribution in [-0.2, 0) is 17.9 Å². The highest BCUT2D eigenvalue weighted by atomic mass is 16.2. The van der Waals surface area contributed by atoms with Crippen LogP contribution in [0.2, 0.25) is 0 Å². The summed E-state index contributed by atoms with van der Waals surface area (Å²) in [6, 6.07) is 27.5. The zero-order valence-electron chi connectivity index (χ0n) is 24.6. The number of rotatable bonds is 13. The Morgan fingerprint density at radius 3 is 2.27 bits per heavy atom. The number of carbonyl (C=O) groups is 1. The molecule has 0 atom stereocenters. The molecule has 0 saturated carbocycles. The molecule has 40 heavy (non-hydrogen) atoms. The summed E-state index contributed by atoms with van der Waals surface area (Å²) in [6.07, 6.45) is 4.62. The fraction of sp³-hybridized carbons (Fsp3) is 0.400. The molecule has 5 heteroatoms. The third kappa shape index (κ3) is 9.74. The lowest BCUT2D eigenvalue weighted by atomic mass is 10.0. The second-order valence-corrected chi connectivity index (χ2v) is 11.4. The summed E-state index contributed by atoms with van der Waals surface area (Å²) in [4.78, 5) is 20.3. The standard InChI is InChI=1S/C35H46N4O/c1-29(2)26-36-27-31-12-7-14-33(24-31)34-15-8-13-32(25-34)28-39(19-9-18-38-22-20-37(3)21-23-38)35(40)17-16-30-10-5-4-6-11-30/h4-8,10-17,24-25,29,36H,9,18-23,26-28H2,1-3H3/b17-16+. The van der Waals surface area contributed by atoms with Crippen LogP contribution in [0.15, 0.2) is 84.9 Å². The molecule has 0 aromatic heterocycles. The van der Waals surface area contributed by atoms with E-state index in [-0.39, 0.29) is 5.91 Å². The normalized spacial score (nSPS) is 14.7. The van der Waals surface area contributed by atoms with Crippen LogP contribution in [0.4, 0.5) is 0 Å². The van der Waals surface area contributed by atoms with Gasteiger partial charge < -0.3 is 20.0 Å². The molecule has 4 rings (SSSR count). The summed E-state index contributed by atoms with van der Waals surface area (Å²) >= 11 is 0.